The summed E-state index contributed by atoms with van der Waals surface area (Å²) in [6.07, 6.45) is 2.71. The van der Waals surface area contributed by atoms with E-state index in [1.165, 1.54) is 18.4 Å². The van der Waals surface area contributed by atoms with Crippen molar-refractivity contribution in [3.05, 3.63) is 90.1 Å². The van der Waals surface area contributed by atoms with Crippen molar-refractivity contribution >= 4 is 21.7 Å². The number of carbonyl (C=O) groups is 2. The lowest BCUT2D eigenvalue weighted by atomic mass is 10.1. The number of sulfone groups is 1. The number of nitrogens with one attached hydrogen (secondary N) is 2. The lowest BCUT2D eigenvalue weighted by Crippen LogP contribution is -2.42. The minimum Gasteiger partial charge on any atom is -0.468 e. The standard InChI is InChI=1S/C23H23FN2O5S/c24-18-10-12-19(13-11-18)32(29,30)21(20-9-5-15-31-20)16-26-23(28)22(27)25-14-4-8-17-6-2-1-3-7-17/h1-3,5-7,9-13,15,21H,4,8,14,16H2,(H,25,27)(H,26,28). The molecule has 1 aromatic heterocycles. The summed E-state index contributed by atoms with van der Waals surface area (Å²) in [7, 11) is -4.02. The van der Waals surface area contributed by atoms with Crippen molar-refractivity contribution in [2.45, 2.75) is 23.0 Å². The molecule has 0 fully saturated rings. The van der Waals surface area contributed by atoms with Gasteiger partial charge in [-0.1, -0.05) is 30.3 Å². The number of halogens is 1. The number of rotatable bonds is 9. The third-order valence-corrected chi connectivity index (χ3v) is 6.88. The van der Waals surface area contributed by atoms with Gasteiger partial charge in [-0.15, -0.1) is 0 Å². The van der Waals surface area contributed by atoms with Gasteiger partial charge < -0.3 is 15.1 Å². The predicted octanol–water partition coefficient (Wildman–Crippen LogP) is 2.80. The van der Waals surface area contributed by atoms with E-state index in [2.05, 4.69) is 10.6 Å². The first-order chi connectivity index (χ1) is 15.4. The van der Waals surface area contributed by atoms with Crippen molar-refractivity contribution in [3.63, 3.8) is 0 Å². The molecule has 0 saturated heterocycles. The molecule has 2 N–H and O–H groups in total. The van der Waals surface area contributed by atoms with Crippen molar-refractivity contribution in [1.29, 1.82) is 0 Å². The number of benzene rings is 2. The number of hydrogen-bond donors (Lipinski definition) is 2. The second kappa shape index (κ2) is 10.7. The van der Waals surface area contributed by atoms with Gasteiger partial charge in [0, 0.05) is 13.1 Å². The van der Waals surface area contributed by atoms with Gasteiger partial charge in [0.15, 0.2) is 9.84 Å². The Morgan fingerprint density at radius 2 is 1.59 bits per heavy atom. The van der Waals surface area contributed by atoms with Gasteiger partial charge in [0.2, 0.25) is 0 Å². The topological polar surface area (TPSA) is 105 Å². The lowest BCUT2D eigenvalue weighted by Gasteiger charge is -2.16. The van der Waals surface area contributed by atoms with Gasteiger partial charge in [-0.05, 0) is 54.8 Å². The van der Waals surface area contributed by atoms with Crippen LogP contribution in [0.5, 0.6) is 0 Å². The van der Waals surface area contributed by atoms with E-state index in [1.54, 1.807) is 0 Å². The smallest absolute Gasteiger partial charge is 0.309 e. The first kappa shape index (κ1) is 23.2. The number of aryl methyl sites for hydroxylation is 1. The highest BCUT2D eigenvalue weighted by molar-refractivity contribution is 7.91. The summed E-state index contributed by atoms with van der Waals surface area (Å²) >= 11 is 0. The SMILES string of the molecule is O=C(NCCCc1ccccc1)C(=O)NCC(c1ccco1)S(=O)(=O)c1ccc(F)cc1. The molecule has 0 aliphatic heterocycles. The van der Waals surface area contributed by atoms with Crippen LogP contribution in [-0.4, -0.2) is 33.3 Å². The molecule has 0 spiro atoms. The number of hydrogen-bond acceptors (Lipinski definition) is 5. The number of amides is 2. The Labute approximate surface area is 185 Å². The van der Waals surface area contributed by atoms with Crippen molar-refractivity contribution in [1.82, 2.24) is 10.6 Å². The first-order valence-electron chi connectivity index (χ1n) is 10.0. The molecule has 7 nitrogen and oxygen atoms in total. The van der Waals surface area contributed by atoms with Gasteiger partial charge in [0.05, 0.1) is 11.2 Å². The quantitative estimate of drug-likeness (QED) is 0.291. The molecule has 1 heterocycles. The van der Waals surface area contributed by atoms with E-state index in [0.29, 0.717) is 13.0 Å². The summed E-state index contributed by atoms with van der Waals surface area (Å²) in [6, 6.07) is 17.1. The minimum atomic E-state index is -4.02. The van der Waals surface area contributed by atoms with Crippen LogP contribution in [0, 0.1) is 5.82 Å². The fraction of sp³-hybridized carbons (Fsp3) is 0.217. The molecule has 1 unspecified atom stereocenters. The summed E-state index contributed by atoms with van der Waals surface area (Å²) in [6.45, 7) is -0.0832. The molecule has 168 valence electrons. The molecule has 0 aliphatic rings. The van der Waals surface area contributed by atoms with E-state index >= 15 is 0 Å². The van der Waals surface area contributed by atoms with E-state index in [4.69, 9.17) is 4.42 Å². The normalized spacial score (nSPS) is 12.2. The Morgan fingerprint density at radius 1 is 0.906 bits per heavy atom. The van der Waals surface area contributed by atoms with Crippen LogP contribution in [-0.2, 0) is 25.8 Å². The fourth-order valence-corrected chi connectivity index (χ4v) is 4.70. The Balaban J connectivity index is 1.58. The third kappa shape index (κ3) is 6.04. The summed E-state index contributed by atoms with van der Waals surface area (Å²) in [4.78, 5) is 24.1. The minimum absolute atomic E-state index is 0.0953. The van der Waals surface area contributed by atoms with Crippen LogP contribution in [0.3, 0.4) is 0 Å². The molecule has 9 heteroatoms. The fourth-order valence-electron chi connectivity index (χ4n) is 3.11. The van der Waals surface area contributed by atoms with Crippen LogP contribution >= 0.6 is 0 Å². The summed E-state index contributed by atoms with van der Waals surface area (Å²) in [5, 5.41) is 3.59. The van der Waals surface area contributed by atoms with Crippen LogP contribution in [0.15, 0.2) is 82.3 Å². The molecule has 2 amide bonds. The summed E-state index contributed by atoms with van der Waals surface area (Å²) < 4.78 is 44.5. The van der Waals surface area contributed by atoms with Gasteiger partial charge in [-0.25, -0.2) is 12.8 Å². The largest absolute Gasteiger partial charge is 0.468 e. The Bertz CT molecular complexity index is 1130. The van der Waals surface area contributed by atoms with Crippen LogP contribution in [0.25, 0.3) is 0 Å². The highest BCUT2D eigenvalue weighted by atomic mass is 32.2. The molecular formula is C23H23FN2O5S. The van der Waals surface area contributed by atoms with Crippen LogP contribution in [0.4, 0.5) is 4.39 Å². The van der Waals surface area contributed by atoms with E-state index in [9.17, 15) is 22.4 Å². The van der Waals surface area contributed by atoms with Crippen molar-refractivity contribution in [3.8, 4) is 0 Å². The molecule has 3 aromatic rings. The molecular weight excluding hydrogens is 435 g/mol. The van der Waals surface area contributed by atoms with Gasteiger partial charge in [0.1, 0.15) is 16.8 Å². The average molecular weight is 459 g/mol. The third-order valence-electron chi connectivity index (χ3n) is 4.80. The zero-order valence-corrected chi connectivity index (χ0v) is 18.0. The van der Waals surface area contributed by atoms with Gasteiger partial charge >= 0.3 is 11.8 Å². The maximum Gasteiger partial charge on any atom is 0.309 e. The number of furan rings is 1. The van der Waals surface area contributed by atoms with Crippen molar-refractivity contribution in [2.24, 2.45) is 0 Å². The van der Waals surface area contributed by atoms with Crippen molar-refractivity contribution in [2.75, 3.05) is 13.1 Å². The highest BCUT2D eigenvalue weighted by Crippen LogP contribution is 2.29. The second-order valence-electron chi connectivity index (χ2n) is 7.06. The van der Waals surface area contributed by atoms with Crippen LogP contribution in [0.1, 0.15) is 23.0 Å². The zero-order chi connectivity index (χ0) is 23.0. The van der Waals surface area contributed by atoms with Crippen molar-refractivity contribution < 1.29 is 26.8 Å². The second-order valence-corrected chi connectivity index (χ2v) is 9.19. The number of carbonyl (C=O) groups excluding carboxylic acids is 2. The average Bonchev–Trinajstić information content (AvgIpc) is 3.32. The van der Waals surface area contributed by atoms with Crippen LogP contribution in [0.2, 0.25) is 0 Å². The molecule has 2 aromatic carbocycles. The van der Waals surface area contributed by atoms with Gasteiger partial charge in [-0.2, -0.15) is 0 Å². The molecule has 1 atom stereocenters. The maximum absolute atomic E-state index is 13.2. The highest BCUT2D eigenvalue weighted by Gasteiger charge is 2.32. The predicted molar refractivity (Wildman–Crippen MR) is 116 cm³/mol. The lowest BCUT2D eigenvalue weighted by molar-refractivity contribution is -0.139. The summed E-state index contributed by atoms with van der Waals surface area (Å²) in [5.74, 6) is -2.28. The molecule has 32 heavy (non-hydrogen) atoms. The molecule has 0 saturated carbocycles. The molecule has 3 rings (SSSR count). The van der Waals surface area contributed by atoms with Gasteiger partial charge in [0.25, 0.3) is 0 Å². The molecule has 0 aliphatic carbocycles. The monoisotopic (exact) mass is 458 g/mol. The van der Waals surface area contributed by atoms with E-state index in [0.717, 1.165) is 36.2 Å². The Hall–Kier alpha value is -3.46. The van der Waals surface area contributed by atoms with Gasteiger partial charge in [-0.3, -0.25) is 9.59 Å². The van der Waals surface area contributed by atoms with Crippen LogP contribution < -0.4 is 10.6 Å². The first-order valence-corrected chi connectivity index (χ1v) is 11.6. The van der Waals surface area contributed by atoms with E-state index in [1.807, 2.05) is 30.3 Å². The molecule has 0 bridgehead atoms. The summed E-state index contributed by atoms with van der Waals surface area (Å²) in [5.41, 5.74) is 1.12. The Morgan fingerprint density at radius 3 is 2.25 bits per heavy atom. The maximum atomic E-state index is 13.2. The van der Waals surface area contributed by atoms with E-state index in [-0.39, 0.29) is 17.2 Å². The molecule has 0 radical (unpaired) electrons. The van der Waals surface area contributed by atoms with E-state index < -0.39 is 32.7 Å². The zero-order valence-electron chi connectivity index (χ0n) is 17.2. The Kier molecular flexibility index (Phi) is 7.77.